The van der Waals surface area contributed by atoms with Crippen LogP contribution in [0.15, 0.2) is 34.9 Å². The molecule has 0 aromatic heterocycles. The van der Waals surface area contributed by atoms with Crippen LogP contribution in [-0.4, -0.2) is 46.6 Å². The lowest BCUT2D eigenvalue weighted by Crippen LogP contribution is -2.51. The number of rotatable bonds is 15. The van der Waals surface area contributed by atoms with Crippen molar-refractivity contribution in [1.82, 2.24) is 10.6 Å². The van der Waals surface area contributed by atoms with E-state index in [-0.39, 0.29) is 0 Å². The van der Waals surface area contributed by atoms with Crippen molar-refractivity contribution >= 4 is 17.7 Å². The van der Waals surface area contributed by atoms with E-state index in [0.29, 0.717) is 12.3 Å². The Morgan fingerprint density at radius 2 is 1.63 bits per heavy atom. The van der Waals surface area contributed by atoms with E-state index in [9.17, 15) is 15.0 Å². The lowest BCUT2D eigenvalue weighted by molar-refractivity contribution is -0.140. The van der Waals surface area contributed by atoms with Crippen LogP contribution in [0.2, 0.25) is 0 Å². The van der Waals surface area contributed by atoms with E-state index in [1.54, 1.807) is 11.8 Å². The van der Waals surface area contributed by atoms with Crippen molar-refractivity contribution in [2.45, 2.75) is 72.7 Å². The van der Waals surface area contributed by atoms with Gasteiger partial charge in [0, 0.05) is 11.5 Å². The zero-order valence-corrected chi connectivity index (χ0v) is 18.4. The molecule has 0 aromatic rings. The number of thioether (sulfide) groups is 1. The highest BCUT2D eigenvalue weighted by molar-refractivity contribution is 7.99. The third kappa shape index (κ3) is 15.7. The van der Waals surface area contributed by atoms with E-state index in [1.165, 1.54) is 16.7 Å². The van der Waals surface area contributed by atoms with Gasteiger partial charge < -0.3 is 10.2 Å². The second kappa shape index (κ2) is 15.9. The summed E-state index contributed by atoms with van der Waals surface area (Å²) in [6.07, 6.45) is 10.1. The smallest absolute Gasteiger partial charge is 0.321 e. The maximum Gasteiger partial charge on any atom is 0.321 e. The van der Waals surface area contributed by atoms with E-state index in [0.717, 1.165) is 31.4 Å². The first-order valence-electron chi connectivity index (χ1n) is 9.68. The fraction of sp³-hybridized carbons (Fsp3) is 0.667. The standard InChI is InChI=1S/C21H38N2O3S/c1-6-22-21(26)23-19(20(24)25)15-27-14-13-18(5)12-8-11-17(4)10-7-9-16(2)3/h9,11,13,19,21-23,26H,6-8,10,12,14-15H2,1-5H3,(H,24,25)/b17-11+,18-13+/t19-,21?/m0/s1. The number of carbonyl (C=O) groups is 1. The van der Waals surface area contributed by atoms with Crippen molar-refractivity contribution in [3.05, 3.63) is 34.9 Å². The molecule has 0 saturated heterocycles. The Kier molecular flexibility index (Phi) is 15.3. The Hall–Kier alpha value is -1.08. The lowest BCUT2D eigenvalue weighted by atomic mass is 10.1. The first kappa shape index (κ1) is 25.9. The van der Waals surface area contributed by atoms with Crippen LogP contribution >= 0.6 is 11.8 Å². The highest BCUT2D eigenvalue weighted by atomic mass is 32.2. The lowest BCUT2D eigenvalue weighted by Gasteiger charge is -2.19. The topological polar surface area (TPSA) is 81.6 Å². The number of nitrogens with one attached hydrogen (secondary N) is 2. The molecule has 0 aromatic carbocycles. The largest absolute Gasteiger partial charge is 0.480 e. The molecule has 0 rings (SSSR count). The van der Waals surface area contributed by atoms with Gasteiger partial charge in [-0.25, -0.2) is 0 Å². The predicted octanol–water partition coefficient (Wildman–Crippen LogP) is 4.07. The van der Waals surface area contributed by atoms with Gasteiger partial charge in [-0.1, -0.05) is 41.9 Å². The van der Waals surface area contributed by atoms with Crippen molar-refractivity contribution in [1.29, 1.82) is 0 Å². The molecule has 0 saturated carbocycles. The quantitative estimate of drug-likeness (QED) is 0.189. The Bertz CT molecular complexity index is 512. The van der Waals surface area contributed by atoms with E-state index in [1.807, 2.05) is 6.92 Å². The van der Waals surface area contributed by atoms with Crippen LogP contribution < -0.4 is 10.6 Å². The Morgan fingerprint density at radius 1 is 1.04 bits per heavy atom. The molecule has 2 atom stereocenters. The molecule has 0 radical (unpaired) electrons. The van der Waals surface area contributed by atoms with Gasteiger partial charge in [-0.3, -0.25) is 15.4 Å². The van der Waals surface area contributed by atoms with Crippen LogP contribution in [0, 0.1) is 0 Å². The minimum Gasteiger partial charge on any atom is -0.480 e. The molecule has 0 heterocycles. The second-order valence-corrected chi connectivity index (χ2v) is 8.09. The molecule has 5 nitrogen and oxygen atoms in total. The number of hydrogen-bond acceptors (Lipinski definition) is 5. The maximum atomic E-state index is 11.2. The summed E-state index contributed by atoms with van der Waals surface area (Å²) >= 11 is 1.55. The summed E-state index contributed by atoms with van der Waals surface area (Å²) in [7, 11) is 0. The van der Waals surface area contributed by atoms with Gasteiger partial charge in [-0.05, 0) is 59.9 Å². The van der Waals surface area contributed by atoms with Gasteiger partial charge in [0.05, 0.1) is 0 Å². The minimum atomic E-state index is -0.999. The van der Waals surface area contributed by atoms with E-state index < -0.39 is 18.4 Å². The summed E-state index contributed by atoms with van der Waals surface area (Å²) in [5, 5.41) is 24.2. The summed E-state index contributed by atoms with van der Waals surface area (Å²) in [5.41, 5.74) is 4.13. The van der Waals surface area contributed by atoms with Crippen LogP contribution in [0.25, 0.3) is 0 Å². The summed E-state index contributed by atoms with van der Waals surface area (Å²) < 4.78 is 0. The Morgan fingerprint density at radius 3 is 2.19 bits per heavy atom. The number of aliphatic carboxylic acids is 1. The average molecular weight is 399 g/mol. The summed E-state index contributed by atoms with van der Waals surface area (Å²) in [6.45, 7) is 11.0. The number of carboxylic acid groups (broad SMARTS) is 1. The molecule has 6 heteroatoms. The molecule has 0 bridgehead atoms. The van der Waals surface area contributed by atoms with Crippen molar-refractivity contribution in [2.24, 2.45) is 0 Å². The SMILES string of the molecule is CCNC(O)N[C@@H](CSC/C=C(\C)CC/C=C(\C)CCC=C(C)C)C(=O)O. The molecule has 0 spiro atoms. The van der Waals surface area contributed by atoms with Gasteiger partial charge in [-0.15, -0.1) is 0 Å². The summed E-state index contributed by atoms with van der Waals surface area (Å²) in [5.74, 6) is 0.233. The van der Waals surface area contributed by atoms with Crippen molar-refractivity contribution in [2.75, 3.05) is 18.1 Å². The molecule has 0 aliphatic carbocycles. The highest BCUT2D eigenvalue weighted by Gasteiger charge is 2.19. The molecular weight excluding hydrogens is 360 g/mol. The zero-order chi connectivity index (χ0) is 20.7. The van der Waals surface area contributed by atoms with E-state index in [4.69, 9.17) is 0 Å². The number of aliphatic hydroxyl groups is 1. The molecule has 0 amide bonds. The molecule has 156 valence electrons. The number of hydrogen-bond donors (Lipinski definition) is 4. The van der Waals surface area contributed by atoms with Gasteiger partial charge in [0.25, 0.3) is 0 Å². The van der Waals surface area contributed by atoms with Crippen molar-refractivity contribution in [3.8, 4) is 0 Å². The molecule has 4 N–H and O–H groups in total. The Labute approximate surface area is 169 Å². The van der Waals surface area contributed by atoms with Crippen LogP contribution in [0.5, 0.6) is 0 Å². The van der Waals surface area contributed by atoms with Gasteiger partial charge in [-0.2, -0.15) is 11.8 Å². The summed E-state index contributed by atoms with van der Waals surface area (Å²) in [6, 6.07) is -0.774. The molecule has 0 aliphatic heterocycles. The third-order valence-corrected chi connectivity index (χ3v) is 4.98. The predicted molar refractivity (Wildman–Crippen MR) is 117 cm³/mol. The number of allylic oxidation sites excluding steroid dienone is 5. The molecule has 27 heavy (non-hydrogen) atoms. The first-order chi connectivity index (χ1) is 12.8. The normalized spacial score (nSPS) is 14.7. The number of carboxylic acids is 1. The fourth-order valence-corrected chi connectivity index (χ4v) is 3.37. The maximum absolute atomic E-state index is 11.2. The molecule has 1 unspecified atom stereocenters. The second-order valence-electron chi connectivity index (χ2n) is 7.01. The first-order valence-corrected chi connectivity index (χ1v) is 10.8. The fourth-order valence-electron chi connectivity index (χ4n) is 2.36. The van der Waals surface area contributed by atoms with Crippen LogP contribution in [0.4, 0.5) is 0 Å². The molecular formula is C21H38N2O3S. The average Bonchev–Trinajstić information content (AvgIpc) is 2.57. The minimum absolute atomic E-state index is 0.408. The summed E-state index contributed by atoms with van der Waals surface area (Å²) in [4.78, 5) is 11.2. The third-order valence-electron chi connectivity index (χ3n) is 4.01. The van der Waals surface area contributed by atoms with Crippen LogP contribution in [-0.2, 0) is 4.79 Å². The number of aliphatic hydroxyl groups excluding tert-OH is 1. The van der Waals surface area contributed by atoms with E-state index in [2.05, 4.69) is 56.6 Å². The molecule has 0 aliphatic rings. The van der Waals surface area contributed by atoms with E-state index >= 15 is 0 Å². The molecule has 0 fully saturated rings. The van der Waals surface area contributed by atoms with Crippen LogP contribution in [0.3, 0.4) is 0 Å². The zero-order valence-electron chi connectivity index (χ0n) is 17.5. The van der Waals surface area contributed by atoms with Crippen molar-refractivity contribution in [3.63, 3.8) is 0 Å². The van der Waals surface area contributed by atoms with Gasteiger partial charge in [0.2, 0.25) is 0 Å². The van der Waals surface area contributed by atoms with Gasteiger partial charge in [0.1, 0.15) is 6.04 Å². The van der Waals surface area contributed by atoms with Gasteiger partial charge in [0.15, 0.2) is 6.35 Å². The highest BCUT2D eigenvalue weighted by Crippen LogP contribution is 2.13. The van der Waals surface area contributed by atoms with Gasteiger partial charge >= 0.3 is 5.97 Å². The van der Waals surface area contributed by atoms with Crippen molar-refractivity contribution < 1.29 is 15.0 Å². The Balaban J connectivity index is 4.12. The monoisotopic (exact) mass is 398 g/mol. The van der Waals surface area contributed by atoms with Crippen LogP contribution in [0.1, 0.15) is 60.3 Å².